The summed E-state index contributed by atoms with van der Waals surface area (Å²) in [7, 11) is -4.44. The van der Waals surface area contributed by atoms with Crippen LogP contribution in [0.1, 0.15) is 0 Å². The standard InChI is InChI=1S/C3H6ClO4P/c1-2-3(4)8-9(5,6)7/h2-3H,1H2,(H2,5,6,7). The molecule has 0 aliphatic rings. The summed E-state index contributed by atoms with van der Waals surface area (Å²) in [5.74, 6) is 0. The van der Waals surface area contributed by atoms with Gasteiger partial charge in [0, 0.05) is 0 Å². The summed E-state index contributed by atoms with van der Waals surface area (Å²) in [5.41, 5.74) is -1.13. The normalized spacial score (nSPS) is 15.0. The lowest BCUT2D eigenvalue weighted by Gasteiger charge is -2.05. The zero-order chi connectivity index (χ0) is 7.49. The lowest BCUT2D eigenvalue weighted by molar-refractivity contribution is 0.199. The van der Waals surface area contributed by atoms with E-state index in [1.807, 2.05) is 0 Å². The van der Waals surface area contributed by atoms with Gasteiger partial charge in [0.2, 0.25) is 0 Å². The molecule has 0 spiro atoms. The van der Waals surface area contributed by atoms with Crippen LogP contribution < -0.4 is 0 Å². The Balaban J connectivity index is 3.74. The maximum atomic E-state index is 9.94. The molecule has 0 aromatic heterocycles. The molecule has 0 saturated heterocycles. The quantitative estimate of drug-likeness (QED) is 0.376. The Hall–Kier alpha value is 0.140. The molecule has 1 unspecified atom stereocenters. The molecule has 0 bridgehead atoms. The van der Waals surface area contributed by atoms with Crippen LogP contribution in [0, 0.1) is 0 Å². The summed E-state index contributed by atoms with van der Waals surface area (Å²) in [5, 5.41) is 0. The predicted molar refractivity (Wildman–Crippen MR) is 33.0 cm³/mol. The van der Waals surface area contributed by atoms with Gasteiger partial charge >= 0.3 is 7.82 Å². The molecule has 9 heavy (non-hydrogen) atoms. The van der Waals surface area contributed by atoms with Gasteiger partial charge in [-0.1, -0.05) is 18.2 Å². The van der Waals surface area contributed by atoms with Crippen LogP contribution in [0.2, 0.25) is 0 Å². The lowest BCUT2D eigenvalue weighted by atomic mass is 10.7. The van der Waals surface area contributed by atoms with Gasteiger partial charge in [-0.05, 0) is 6.08 Å². The number of hydrogen-bond acceptors (Lipinski definition) is 2. The first-order valence-corrected chi connectivity index (χ1v) is 3.93. The van der Waals surface area contributed by atoms with E-state index >= 15 is 0 Å². The summed E-state index contributed by atoms with van der Waals surface area (Å²) in [6, 6.07) is 0. The molecule has 2 N–H and O–H groups in total. The highest BCUT2D eigenvalue weighted by molar-refractivity contribution is 7.46. The molecule has 0 heterocycles. The van der Waals surface area contributed by atoms with Crippen molar-refractivity contribution in [3.63, 3.8) is 0 Å². The van der Waals surface area contributed by atoms with Gasteiger partial charge in [0.25, 0.3) is 0 Å². The molecule has 0 amide bonds. The first-order valence-electron chi connectivity index (χ1n) is 1.96. The zero-order valence-electron chi connectivity index (χ0n) is 4.40. The van der Waals surface area contributed by atoms with Gasteiger partial charge in [-0.15, -0.1) is 0 Å². The Morgan fingerprint density at radius 2 is 2.22 bits per heavy atom. The van der Waals surface area contributed by atoms with E-state index < -0.39 is 13.4 Å². The van der Waals surface area contributed by atoms with Crippen molar-refractivity contribution in [3.8, 4) is 0 Å². The SMILES string of the molecule is C=CC(Cl)OP(=O)(O)O. The minimum Gasteiger partial charge on any atom is -0.303 e. The van der Waals surface area contributed by atoms with Crippen LogP contribution >= 0.6 is 19.4 Å². The fraction of sp³-hybridized carbons (Fsp3) is 0.333. The second-order valence-electron chi connectivity index (χ2n) is 1.18. The third-order valence-corrected chi connectivity index (χ3v) is 1.32. The Bertz CT molecular complexity index is 141. The largest absolute Gasteiger partial charge is 0.471 e. The Kier molecular flexibility index (Phi) is 3.40. The van der Waals surface area contributed by atoms with E-state index in [1.165, 1.54) is 0 Å². The molecule has 0 aliphatic heterocycles. The summed E-state index contributed by atoms with van der Waals surface area (Å²) in [4.78, 5) is 16.2. The van der Waals surface area contributed by atoms with Gasteiger partial charge in [0.05, 0.1) is 0 Å². The first kappa shape index (κ1) is 9.14. The highest BCUT2D eigenvalue weighted by Crippen LogP contribution is 2.38. The topological polar surface area (TPSA) is 66.8 Å². The van der Waals surface area contributed by atoms with Gasteiger partial charge in [-0.3, -0.25) is 4.52 Å². The van der Waals surface area contributed by atoms with Crippen LogP contribution in [0.3, 0.4) is 0 Å². The number of hydrogen-bond donors (Lipinski definition) is 2. The highest BCUT2D eigenvalue weighted by Gasteiger charge is 2.17. The number of rotatable bonds is 3. The molecule has 1 atom stereocenters. The molecule has 0 saturated carbocycles. The summed E-state index contributed by atoms with van der Waals surface area (Å²) >= 11 is 5.12. The number of phosphoric ester groups is 1. The summed E-state index contributed by atoms with van der Waals surface area (Å²) < 4.78 is 13.8. The van der Waals surface area contributed by atoms with Gasteiger partial charge < -0.3 is 9.79 Å². The Morgan fingerprint density at radius 1 is 1.78 bits per heavy atom. The van der Waals surface area contributed by atoms with Crippen molar-refractivity contribution >= 4 is 19.4 Å². The molecular weight excluding hydrogens is 166 g/mol. The highest BCUT2D eigenvalue weighted by atomic mass is 35.5. The van der Waals surface area contributed by atoms with E-state index in [-0.39, 0.29) is 0 Å². The average Bonchev–Trinajstić information content (AvgIpc) is 1.62. The van der Waals surface area contributed by atoms with Gasteiger partial charge in [0.1, 0.15) is 0 Å². The Morgan fingerprint density at radius 3 is 2.33 bits per heavy atom. The molecule has 0 aliphatic carbocycles. The molecule has 0 rings (SSSR count). The summed E-state index contributed by atoms with van der Waals surface area (Å²) in [6.45, 7) is 3.14. The van der Waals surface area contributed by atoms with Crippen LogP contribution in [0.25, 0.3) is 0 Å². The van der Waals surface area contributed by atoms with E-state index in [0.29, 0.717) is 0 Å². The number of halogens is 1. The number of alkyl halides is 1. The molecule has 0 radical (unpaired) electrons. The predicted octanol–water partition coefficient (Wildman–Crippen LogP) is 0.847. The molecule has 0 aromatic rings. The fourth-order valence-electron chi connectivity index (χ4n) is 0.174. The van der Waals surface area contributed by atoms with Gasteiger partial charge in [-0.2, -0.15) is 0 Å². The van der Waals surface area contributed by atoms with Crippen molar-refractivity contribution in [2.45, 2.75) is 5.56 Å². The molecule has 0 fully saturated rings. The van der Waals surface area contributed by atoms with Crippen molar-refractivity contribution in [1.82, 2.24) is 0 Å². The molecule has 6 heteroatoms. The average molecular weight is 173 g/mol. The molecule has 54 valence electrons. The van der Waals surface area contributed by atoms with Crippen molar-refractivity contribution in [2.24, 2.45) is 0 Å². The van der Waals surface area contributed by atoms with Crippen LogP contribution in [0.5, 0.6) is 0 Å². The minimum atomic E-state index is -4.44. The lowest BCUT2D eigenvalue weighted by Crippen LogP contribution is -1.97. The second-order valence-corrected chi connectivity index (χ2v) is 2.80. The monoisotopic (exact) mass is 172 g/mol. The van der Waals surface area contributed by atoms with Crippen LogP contribution in [0.15, 0.2) is 12.7 Å². The van der Waals surface area contributed by atoms with E-state index in [4.69, 9.17) is 21.4 Å². The fourth-order valence-corrected chi connectivity index (χ4v) is 0.834. The van der Waals surface area contributed by atoms with Crippen LogP contribution in [-0.4, -0.2) is 15.3 Å². The summed E-state index contributed by atoms with van der Waals surface area (Å²) in [6.07, 6.45) is 1.07. The van der Waals surface area contributed by atoms with E-state index in [9.17, 15) is 4.57 Å². The van der Waals surface area contributed by atoms with Crippen LogP contribution in [0.4, 0.5) is 0 Å². The zero-order valence-corrected chi connectivity index (χ0v) is 6.05. The van der Waals surface area contributed by atoms with Crippen molar-refractivity contribution in [2.75, 3.05) is 0 Å². The van der Waals surface area contributed by atoms with Crippen LogP contribution in [-0.2, 0) is 9.09 Å². The van der Waals surface area contributed by atoms with Crippen molar-refractivity contribution < 1.29 is 18.9 Å². The Labute approximate surface area is 57.3 Å². The first-order chi connectivity index (χ1) is 3.95. The maximum absolute atomic E-state index is 9.94. The third-order valence-electron chi connectivity index (χ3n) is 0.423. The van der Waals surface area contributed by atoms with E-state index in [2.05, 4.69) is 11.1 Å². The second kappa shape index (κ2) is 3.34. The van der Waals surface area contributed by atoms with Crippen molar-refractivity contribution in [1.29, 1.82) is 0 Å². The minimum absolute atomic E-state index is 1.07. The molecule has 0 aromatic carbocycles. The smallest absolute Gasteiger partial charge is 0.303 e. The maximum Gasteiger partial charge on any atom is 0.471 e. The van der Waals surface area contributed by atoms with Gasteiger partial charge in [0.15, 0.2) is 5.56 Å². The third kappa shape index (κ3) is 6.02. The van der Waals surface area contributed by atoms with E-state index in [0.717, 1.165) is 6.08 Å². The molecular formula is C3H6ClO4P. The van der Waals surface area contributed by atoms with Crippen molar-refractivity contribution in [3.05, 3.63) is 12.7 Å². The molecule has 4 nitrogen and oxygen atoms in total. The van der Waals surface area contributed by atoms with E-state index in [1.54, 1.807) is 0 Å². The number of phosphoric acid groups is 1. The van der Waals surface area contributed by atoms with Gasteiger partial charge in [-0.25, -0.2) is 4.57 Å².